The lowest BCUT2D eigenvalue weighted by atomic mass is 10.4. The van der Waals surface area contributed by atoms with Crippen LogP contribution < -0.4 is 0 Å². The van der Waals surface area contributed by atoms with E-state index < -0.39 is 0 Å². The van der Waals surface area contributed by atoms with Crippen molar-refractivity contribution in [3.8, 4) is 0 Å². The van der Waals surface area contributed by atoms with Crippen molar-refractivity contribution in [3.05, 3.63) is 0 Å². The van der Waals surface area contributed by atoms with Gasteiger partial charge < -0.3 is 9.64 Å². The molecule has 1 saturated heterocycles. The molecular weight excluding hydrogens is 166 g/mol. The quantitative estimate of drug-likeness (QED) is 0.465. The first kappa shape index (κ1) is 8.30. The maximum atomic E-state index is 5.17. The number of hydrogen-bond donors (Lipinski definition) is 1. The molecule has 0 spiro atoms. The highest BCUT2D eigenvalue weighted by Gasteiger charge is 2.11. The van der Waals surface area contributed by atoms with E-state index in [2.05, 4.69) is 17.5 Å². The highest BCUT2D eigenvalue weighted by molar-refractivity contribution is 7.86. The molecule has 1 rings (SSSR count). The summed E-state index contributed by atoms with van der Waals surface area (Å²) in [7, 11) is 0. The second-order valence-electron chi connectivity index (χ2n) is 2.15. The Bertz CT molecular complexity index is 123. The molecule has 1 aliphatic heterocycles. The standard InChI is InChI=1S/C6H11NOS2/c9-5-6(10)7-1-3-8-4-2-7/h9H,1-5H2. The van der Waals surface area contributed by atoms with Crippen LogP contribution in [0.5, 0.6) is 0 Å². The van der Waals surface area contributed by atoms with Gasteiger partial charge >= 0.3 is 0 Å². The van der Waals surface area contributed by atoms with E-state index in [1.165, 1.54) is 0 Å². The van der Waals surface area contributed by atoms with Gasteiger partial charge in [-0.05, 0) is 0 Å². The van der Waals surface area contributed by atoms with Crippen LogP contribution in [0.1, 0.15) is 0 Å². The van der Waals surface area contributed by atoms with E-state index in [-0.39, 0.29) is 0 Å². The Hall–Kier alpha value is 0.200. The zero-order valence-electron chi connectivity index (χ0n) is 5.75. The third-order valence-corrected chi connectivity index (χ3v) is 2.42. The van der Waals surface area contributed by atoms with Crippen LogP contribution in [-0.4, -0.2) is 41.9 Å². The molecule has 2 nitrogen and oxygen atoms in total. The van der Waals surface area contributed by atoms with Gasteiger partial charge in [-0.15, -0.1) is 0 Å². The summed E-state index contributed by atoms with van der Waals surface area (Å²) >= 11 is 9.17. The fraction of sp³-hybridized carbons (Fsp3) is 0.833. The number of nitrogens with zero attached hydrogens (tertiary/aromatic N) is 1. The van der Waals surface area contributed by atoms with Crippen molar-refractivity contribution in [2.24, 2.45) is 0 Å². The summed E-state index contributed by atoms with van der Waals surface area (Å²) in [6.07, 6.45) is 0. The van der Waals surface area contributed by atoms with Gasteiger partial charge in [-0.1, -0.05) is 12.2 Å². The topological polar surface area (TPSA) is 12.5 Å². The van der Waals surface area contributed by atoms with Crippen LogP contribution in [-0.2, 0) is 4.74 Å². The van der Waals surface area contributed by atoms with E-state index in [0.717, 1.165) is 31.3 Å². The molecule has 0 aromatic rings. The Labute approximate surface area is 71.9 Å². The lowest BCUT2D eigenvalue weighted by Gasteiger charge is -2.28. The SMILES string of the molecule is S=C(CS)N1CCOCC1. The van der Waals surface area contributed by atoms with E-state index in [4.69, 9.17) is 17.0 Å². The predicted molar refractivity (Wildman–Crippen MR) is 48.8 cm³/mol. The molecule has 58 valence electrons. The van der Waals surface area contributed by atoms with Gasteiger partial charge in [0.25, 0.3) is 0 Å². The number of rotatable bonds is 1. The van der Waals surface area contributed by atoms with Crippen LogP contribution in [0.15, 0.2) is 0 Å². The number of thiol groups is 1. The molecule has 0 N–H and O–H groups in total. The molecule has 0 saturated carbocycles. The molecule has 1 aliphatic rings. The van der Waals surface area contributed by atoms with Crippen LogP contribution >= 0.6 is 24.8 Å². The zero-order valence-corrected chi connectivity index (χ0v) is 7.46. The monoisotopic (exact) mass is 177 g/mol. The van der Waals surface area contributed by atoms with E-state index >= 15 is 0 Å². The maximum absolute atomic E-state index is 5.17. The second-order valence-corrected chi connectivity index (χ2v) is 2.94. The van der Waals surface area contributed by atoms with Gasteiger partial charge in [-0.2, -0.15) is 12.6 Å². The largest absolute Gasteiger partial charge is 0.378 e. The highest BCUT2D eigenvalue weighted by Crippen LogP contribution is 1.99. The molecule has 0 bridgehead atoms. The Balaban J connectivity index is 2.31. The van der Waals surface area contributed by atoms with E-state index in [9.17, 15) is 0 Å². The average molecular weight is 177 g/mol. The molecule has 0 atom stereocenters. The fourth-order valence-corrected chi connectivity index (χ4v) is 1.30. The van der Waals surface area contributed by atoms with Crippen LogP contribution in [0.25, 0.3) is 0 Å². The van der Waals surface area contributed by atoms with Crippen molar-refractivity contribution < 1.29 is 4.74 Å². The van der Waals surface area contributed by atoms with Gasteiger partial charge in [0, 0.05) is 18.8 Å². The van der Waals surface area contributed by atoms with Crippen molar-refractivity contribution in [2.45, 2.75) is 0 Å². The molecule has 1 fully saturated rings. The molecular formula is C6H11NOS2. The maximum Gasteiger partial charge on any atom is 0.0878 e. The number of hydrogen-bond acceptors (Lipinski definition) is 3. The third-order valence-electron chi connectivity index (χ3n) is 1.50. The Morgan fingerprint density at radius 3 is 2.60 bits per heavy atom. The van der Waals surface area contributed by atoms with E-state index in [1.807, 2.05) is 0 Å². The minimum absolute atomic E-state index is 0.676. The van der Waals surface area contributed by atoms with Crippen molar-refractivity contribution >= 4 is 29.8 Å². The zero-order chi connectivity index (χ0) is 7.40. The first-order valence-corrected chi connectivity index (χ1v) is 4.35. The number of morpholine rings is 1. The molecule has 0 radical (unpaired) electrons. The summed E-state index contributed by atoms with van der Waals surface area (Å²) in [5.41, 5.74) is 0. The van der Waals surface area contributed by atoms with Gasteiger partial charge in [0.05, 0.1) is 18.2 Å². The summed E-state index contributed by atoms with van der Waals surface area (Å²) in [5.74, 6) is 0.676. The fourth-order valence-electron chi connectivity index (χ4n) is 0.913. The summed E-state index contributed by atoms with van der Waals surface area (Å²) in [5, 5.41) is 0. The van der Waals surface area contributed by atoms with Gasteiger partial charge in [0.15, 0.2) is 0 Å². The minimum atomic E-state index is 0.676. The smallest absolute Gasteiger partial charge is 0.0878 e. The van der Waals surface area contributed by atoms with Crippen LogP contribution in [0, 0.1) is 0 Å². The molecule has 4 heteroatoms. The van der Waals surface area contributed by atoms with Crippen LogP contribution in [0.2, 0.25) is 0 Å². The molecule has 10 heavy (non-hydrogen) atoms. The molecule has 0 aromatic heterocycles. The van der Waals surface area contributed by atoms with Gasteiger partial charge in [0.1, 0.15) is 0 Å². The molecule has 1 heterocycles. The number of ether oxygens (including phenoxy) is 1. The van der Waals surface area contributed by atoms with Crippen molar-refractivity contribution in [1.82, 2.24) is 4.90 Å². The predicted octanol–water partition coefficient (Wildman–Crippen LogP) is 0.576. The lowest BCUT2D eigenvalue weighted by Crippen LogP contribution is -2.40. The molecule has 0 amide bonds. The highest BCUT2D eigenvalue weighted by atomic mass is 32.1. The van der Waals surface area contributed by atoms with Gasteiger partial charge in [-0.25, -0.2) is 0 Å². The van der Waals surface area contributed by atoms with Crippen LogP contribution in [0.3, 0.4) is 0 Å². The summed E-state index contributed by atoms with van der Waals surface area (Å²) < 4.78 is 5.17. The van der Waals surface area contributed by atoms with Gasteiger partial charge in [0.2, 0.25) is 0 Å². The Morgan fingerprint density at radius 1 is 1.50 bits per heavy atom. The second kappa shape index (κ2) is 4.16. The summed E-state index contributed by atoms with van der Waals surface area (Å²) in [4.78, 5) is 3.08. The van der Waals surface area contributed by atoms with Crippen molar-refractivity contribution in [3.63, 3.8) is 0 Å². The summed E-state index contributed by atoms with van der Waals surface area (Å²) in [6.45, 7) is 3.46. The van der Waals surface area contributed by atoms with E-state index in [1.54, 1.807) is 0 Å². The first-order valence-electron chi connectivity index (χ1n) is 3.31. The third kappa shape index (κ3) is 2.11. The normalized spacial score (nSPS) is 19.1. The molecule has 0 unspecified atom stereocenters. The number of thiocarbonyl (C=S) groups is 1. The van der Waals surface area contributed by atoms with Gasteiger partial charge in [-0.3, -0.25) is 0 Å². The summed E-state index contributed by atoms with van der Waals surface area (Å²) in [6, 6.07) is 0. The van der Waals surface area contributed by atoms with Crippen LogP contribution in [0.4, 0.5) is 0 Å². The average Bonchev–Trinajstić information content (AvgIpc) is 2.05. The Morgan fingerprint density at radius 2 is 2.10 bits per heavy atom. The molecule has 0 aliphatic carbocycles. The van der Waals surface area contributed by atoms with E-state index in [0.29, 0.717) is 5.75 Å². The first-order chi connectivity index (χ1) is 4.84. The molecule has 0 aromatic carbocycles. The van der Waals surface area contributed by atoms with Crippen molar-refractivity contribution in [2.75, 3.05) is 32.1 Å². The lowest BCUT2D eigenvalue weighted by molar-refractivity contribution is 0.0689. The van der Waals surface area contributed by atoms with Crippen molar-refractivity contribution in [1.29, 1.82) is 0 Å². The Kier molecular flexibility index (Phi) is 3.45. The minimum Gasteiger partial charge on any atom is -0.378 e.